The summed E-state index contributed by atoms with van der Waals surface area (Å²) in [6.07, 6.45) is 0. The van der Waals surface area contributed by atoms with Gasteiger partial charge in [-0.05, 0) is 65.7 Å². The minimum absolute atomic E-state index is 1.24. The summed E-state index contributed by atoms with van der Waals surface area (Å²) in [5.74, 6) is 0. The van der Waals surface area contributed by atoms with E-state index in [1.54, 1.807) is 0 Å². The lowest BCUT2D eigenvalue weighted by Gasteiger charge is -2.24. The molecule has 1 nitrogen and oxygen atoms in total. The minimum Gasteiger partial charge on any atom is -0.191 e. The van der Waals surface area contributed by atoms with Gasteiger partial charge in [0.2, 0.25) is 5.69 Å². The van der Waals surface area contributed by atoms with Crippen molar-refractivity contribution in [1.29, 1.82) is 0 Å². The predicted octanol–water partition coefficient (Wildman–Crippen LogP) is 6.72. The zero-order valence-electron chi connectivity index (χ0n) is 21.0. The summed E-state index contributed by atoms with van der Waals surface area (Å²) in [6.45, 7) is 4.69. The number of pyridine rings is 1. The van der Waals surface area contributed by atoms with Gasteiger partial charge in [-0.1, -0.05) is 78.9 Å². The van der Waals surface area contributed by atoms with Crippen LogP contribution in [0.3, 0.4) is 0 Å². The molecule has 5 aromatic carbocycles. The monoisotopic (exact) mass is 483 g/mol. The topological polar surface area (TPSA) is 3.88 Å². The van der Waals surface area contributed by atoms with E-state index in [1.165, 1.54) is 54.4 Å². The van der Waals surface area contributed by atoms with E-state index in [2.05, 4.69) is 153 Å². The Hall–Kier alpha value is -3.80. The van der Waals surface area contributed by atoms with E-state index in [4.69, 9.17) is 0 Å². The molecule has 0 spiro atoms. The molecule has 2 heteroatoms. The fourth-order valence-electron chi connectivity index (χ4n) is 5.62. The molecule has 0 N–H and O–H groups in total. The van der Waals surface area contributed by atoms with Gasteiger partial charge in [0.25, 0.3) is 5.52 Å². The Morgan fingerprint density at radius 2 is 1.17 bits per heavy atom. The van der Waals surface area contributed by atoms with Gasteiger partial charge >= 0.3 is 0 Å². The van der Waals surface area contributed by atoms with Crippen molar-refractivity contribution in [2.75, 3.05) is 6.66 Å². The van der Waals surface area contributed by atoms with Crippen LogP contribution in [-0.4, -0.2) is 6.66 Å². The number of aryl methyl sites for hydroxylation is 2. The Bertz CT molecular complexity index is 1670. The Kier molecular flexibility index (Phi) is 5.67. The Morgan fingerprint density at radius 1 is 0.583 bits per heavy atom. The van der Waals surface area contributed by atoms with Crippen LogP contribution in [0.5, 0.6) is 0 Å². The maximum absolute atomic E-state index is 2.49. The smallest absolute Gasteiger partial charge is 0.191 e. The molecule has 0 saturated heterocycles. The third kappa shape index (κ3) is 3.55. The van der Waals surface area contributed by atoms with E-state index in [9.17, 15) is 0 Å². The van der Waals surface area contributed by atoms with Crippen molar-refractivity contribution in [1.82, 2.24) is 0 Å². The van der Waals surface area contributed by atoms with Crippen LogP contribution in [0.2, 0.25) is 0 Å². The second kappa shape index (κ2) is 9.01. The molecule has 0 aliphatic rings. The van der Waals surface area contributed by atoms with Gasteiger partial charge in [0.1, 0.15) is 24.9 Å². The second-order valence-corrected chi connectivity index (χ2v) is 13.2. The summed E-state index contributed by atoms with van der Waals surface area (Å²) in [6, 6.07) is 46.8. The number of aromatic nitrogens is 1. The summed E-state index contributed by atoms with van der Waals surface area (Å²) in [5.41, 5.74) is 5.13. The first-order valence-electron chi connectivity index (χ1n) is 12.5. The van der Waals surface area contributed by atoms with E-state index in [0.29, 0.717) is 0 Å². The second-order valence-electron chi connectivity index (χ2n) is 9.65. The zero-order chi connectivity index (χ0) is 24.7. The van der Waals surface area contributed by atoms with Crippen molar-refractivity contribution in [3.63, 3.8) is 0 Å². The molecule has 1 aromatic heterocycles. The van der Waals surface area contributed by atoms with E-state index < -0.39 is 7.26 Å². The molecular formula is C34H30NP+2. The first kappa shape index (κ1) is 22.7. The van der Waals surface area contributed by atoms with Gasteiger partial charge in [0, 0.05) is 11.6 Å². The highest BCUT2D eigenvalue weighted by atomic mass is 31.2. The molecule has 0 aliphatic carbocycles. The molecule has 0 unspecified atom stereocenters. The van der Waals surface area contributed by atoms with E-state index in [1.807, 2.05) is 0 Å². The fourth-order valence-corrected chi connectivity index (χ4v) is 9.10. The predicted molar refractivity (Wildman–Crippen MR) is 157 cm³/mol. The molecule has 1 heterocycles. The first-order chi connectivity index (χ1) is 17.6. The number of benzene rings is 5. The Labute approximate surface area is 214 Å². The van der Waals surface area contributed by atoms with Gasteiger partial charge in [-0.2, -0.15) is 4.57 Å². The number of hydrogen-bond donors (Lipinski definition) is 0. The van der Waals surface area contributed by atoms with Gasteiger partial charge < -0.3 is 0 Å². The van der Waals surface area contributed by atoms with Gasteiger partial charge in [-0.15, -0.1) is 0 Å². The lowest BCUT2D eigenvalue weighted by Crippen LogP contribution is -2.40. The molecule has 0 saturated carbocycles. The molecule has 0 amide bonds. The SMILES string of the molecule is Cc1ccccc1-c1ccc2c3ccccc3cc([P+](C)(c3ccccc3)c3ccccc3)c2[n+]1C. The van der Waals surface area contributed by atoms with Crippen LogP contribution in [-0.2, 0) is 7.05 Å². The lowest BCUT2D eigenvalue weighted by molar-refractivity contribution is -0.633. The average molecular weight is 484 g/mol. The van der Waals surface area contributed by atoms with Gasteiger partial charge in [0.15, 0.2) is 5.30 Å². The van der Waals surface area contributed by atoms with Crippen LogP contribution in [0.25, 0.3) is 32.9 Å². The van der Waals surface area contributed by atoms with Crippen LogP contribution in [0, 0.1) is 6.92 Å². The Balaban J connectivity index is 1.79. The molecule has 0 radical (unpaired) electrons. The van der Waals surface area contributed by atoms with Crippen LogP contribution >= 0.6 is 7.26 Å². The number of rotatable bonds is 4. The maximum Gasteiger partial charge on any atom is 0.256 e. The zero-order valence-corrected chi connectivity index (χ0v) is 21.9. The highest BCUT2D eigenvalue weighted by Crippen LogP contribution is 2.53. The molecule has 0 bridgehead atoms. The van der Waals surface area contributed by atoms with E-state index in [0.717, 1.165) is 0 Å². The largest absolute Gasteiger partial charge is 0.256 e. The highest BCUT2D eigenvalue weighted by Gasteiger charge is 2.44. The summed E-state index contributed by atoms with van der Waals surface area (Å²) in [5, 5.41) is 8.12. The first-order valence-corrected chi connectivity index (χ1v) is 14.7. The van der Waals surface area contributed by atoms with Crippen LogP contribution < -0.4 is 20.5 Å². The minimum atomic E-state index is -1.95. The summed E-state index contributed by atoms with van der Waals surface area (Å²) < 4.78 is 2.43. The molecule has 6 rings (SSSR count). The van der Waals surface area contributed by atoms with Crippen molar-refractivity contribution >= 4 is 44.9 Å². The van der Waals surface area contributed by atoms with Crippen molar-refractivity contribution in [2.45, 2.75) is 6.92 Å². The van der Waals surface area contributed by atoms with Crippen molar-refractivity contribution in [3.05, 3.63) is 133 Å². The third-order valence-electron chi connectivity index (χ3n) is 7.59. The van der Waals surface area contributed by atoms with Crippen LogP contribution in [0.4, 0.5) is 0 Å². The molecule has 174 valence electrons. The standard InChI is InChI=1S/C34H30NP/c1-25-14-10-12-20-29(25)32-23-22-31-30-21-13-11-15-26(30)24-33(34(31)35(32)2)36(3,27-16-6-4-7-17-27)28-18-8-5-9-19-28/h4-24H,1-3H3/q+2. The van der Waals surface area contributed by atoms with Gasteiger partial charge in [-0.3, -0.25) is 0 Å². The lowest BCUT2D eigenvalue weighted by atomic mass is 10.0. The number of fused-ring (bicyclic) bond motifs is 3. The maximum atomic E-state index is 2.49. The number of nitrogens with zero attached hydrogens (tertiary/aromatic N) is 1. The molecular weight excluding hydrogens is 453 g/mol. The highest BCUT2D eigenvalue weighted by molar-refractivity contribution is 7.95. The summed E-state index contributed by atoms with van der Waals surface area (Å²) in [4.78, 5) is 0. The molecule has 36 heavy (non-hydrogen) atoms. The van der Waals surface area contributed by atoms with Crippen molar-refractivity contribution in [3.8, 4) is 11.3 Å². The summed E-state index contributed by atoms with van der Waals surface area (Å²) in [7, 11) is 0.291. The average Bonchev–Trinajstić information content (AvgIpc) is 2.94. The normalized spacial score (nSPS) is 11.8. The fraction of sp³-hybridized carbons (Fsp3) is 0.0882. The van der Waals surface area contributed by atoms with E-state index in [-0.39, 0.29) is 0 Å². The quantitative estimate of drug-likeness (QED) is 0.149. The molecule has 0 fully saturated rings. The third-order valence-corrected chi connectivity index (χ3v) is 11.6. The Morgan fingerprint density at radius 3 is 1.83 bits per heavy atom. The molecule has 0 aliphatic heterocycles. The van der Waals surface area contributed by atoms with Crippen LogP contribution in [0.1, 0.15) is 5.56 Å². The molecule has 6 aromatic rings. The van der Waals surface area contributed by atoms with Crippen LogP contribution in [0.15, 0.2) is 127 Å². The molecule has 0 atom stereocenters. The van der Waals surface area contributed by atoms with Crippen molar-refractivity contribution < 1.29 is 4.57 Å². The summed E-state index contributed by atoms with van der Waals surface area (Å²) >= 11 is 0. The van der Waals surface area contributed by atoms with Gasteiger partial charge in [-0.25, -0.2) is 0 Å². The van der Waals surface area contributed by atoms with E-state index >= 15 is 0 Å². The number of hydrogen-bond acceptors (Lipinski definition) is 0. The van der Waals surface area contributed by atoms with Gasteiger partial charge in [0.05, 0.1) is 12.1 Å². The van der Waals surface area contributed by atoms with Crippen molar-refractivity contribution in [2.24, 2.45) is 7.05 Å².